The quantitative estimate of drug-likeness (QED) is 0.591. The fraction of sp³-hybridized carbons (Fsp3) is 0.125. The number of nitrogens with one attached hydrogen (secondary N) is 1. The summed E-state index contributed by atoms with van der Waals surface area (Å²) >= 11 is 0. The molecule has 0 spiro atoms. The zero-order chi connectivity index (χ0) is 15.5. The topological polar surface area (TPSA) is 84.7 Å². The van der Waals surface area contributed by atoms with Gasteiger partial charge in [-0.25, -0.2) is 4.98 Å². The number of rotatable bonds is 4. The largest absolute Gasteiger partial charge is 0.269 e. The first-order valence-electron chi connectivity index (χ1n) is 6.83. The van der Waals surface area contributed by atoms with Gasteiger partial charge in [-0.1, -0.05) is 35.9 Å². The average molecular weight is 294 g/mol. The van der Waals surface area contributed by atoms with Gasteiger partial charge in [-0.15, -0.1) is 0 Å². The van der Waals surface area contributed by atoms with E-state index in [-0.39, 0.29) is 5.69 Å². The molecule has 3 rings (SSSR count). The molecule has 0 aliphatic rings. The molecule has 0 unspecified atom stereocenters. The Morgan fingerprint density at radius 1 is 1.18 bits per heavy atom. The molecule has 0 saturated heterocycles. The Morgan fingerprint density at radius 3 is 2.64 bits per heavy atom. The maximum Gasteiger partial charge on any atom is 0.269 e. The molecule has 3 aromatic rings. The van der Waals surface area contributed by atoms with Gasteiger partial charge in [-0.3, -0.25) is 15.2 Å². The summed E-state index contributed by atoms with van der Waals surface area (Å²) in [6.07, 6.45) is 0.552. The second-order valence-electron chi connectivity index (χ2n) is 5.08. The van der Waals surface area contributed by atoms with E-state index in [0.29, 0.717) is 12.2 Å². The molecule has 0 atom stereocenters. The first-order chi connectivity index (χ1) is 10.6. The molecule has 1 aromatic heterocycles. The van der Waals surface area contributed by atoms with Crippen LogP contribution in [0.2, 0.25) is 0 Å². The summed E-state index contributed by atoms with van der Waals surface area (Å²) < 4.78 is 0. The fourth-order valence-electron chi connectivity index (χ4n) is 2.22. The first kappa shape index (κ1) is 13.9. The van der Waals surface area contributed by atoms with E-state index in [0.717, 1.165) is 22.5 Å². The number of H-pyrrole nitrogens is 1. The van der Waals surface area contributed by atoms with Crippen LogP contribution in [0.4, 0.5) is 5.69 Å². The van der Waals surface area contributed by atoms with E-state index in [4.69, 9.17) is 0 Å². The van der Waals surface area contributed by atoms with Crippen LogP contribution in [0.25, 0.3) is 11.4 Å². The number of benzene rings is 2. The third kappa shape index (κ3) is 3.01. The number of aryl methyl sites for hydroxylation is 1. The molecule has 0 aliphatic carbocycles. The van der Waals surface area contributed by atoms with Crippen LogP contribution in [-0.4, -0.2) is 20.1 Å². The van der Waals surface area contributed by atoms with Gasteiger partial charge in [0, 0.05) is 24.1 Å². The van der Waals surface area contributed by atoms with E-state index < -0.39 is 4.92 Å². The van der Waals surface area contributed by atoms with Crippen molar-refractivity contribution >= 4 is 5.69 Å². The number of nitro groups is 1. The number of nitrogens with zero attached hydrogens (tertiary/aromatic N) is 3. The van der Waals surface area contributed by atoms with Crippen molar-refractivity contribution < 1.29 is 4.92 Å². The van der Waals surface area contributed by atoms with Crippen molar-refractivity contribution in [2.75, 3.05) is 0 Å². The SMILES string of the molecule is Cc1cccc(-c2n[nH]c(Cc3ccc([N+](=O)[O-])cc3)n2)c1. The van der Waals surface area contributed by atoms with Gasteiger partial charge in [0.05, 0.1) is 4.92 Å². The van der Waals surface area contributed by atoms with Gasteiger partial charge in [-0.2, -0.15) is 5.10 Å². The zero-order valence-electron chi connectivity index (χ0n) is 12.0. The summed E-state index contributed by atoms with van der Waals surface area (Å²) in [6, 6.07) is 14.4. The van der Waals surface area contributed by atoms with Crippen molar-refractivity contribution in [3.8, 4) is 11.4 Å². The van der Waals surface area contributed by atoms with Crippen molar-refractivity contribution in [3.05, 3.63) is 75.6 Å². The average Bonchev–Trinajstić information content (AvgIpc) is 2.96. The summed E-state index contributed by atoms with van der Waals surface area (Å²) in [5.41, 5.74) is 3.14. The monoisotopic (exact) mass is 294 g/mol. The highest BCUT2D eigenvalue weighted by atomic mass is 16.6. The number of hydrogen-bond acceptors (Lipinski definition) is 4. The van der Waals surface area contributed by atoms with Crippen LogP contribution in [0.1, 0.15) is 17.0 Å². The standard InChI is InChI=1S/C16H14N4O2/c1-11-3-2-4-13(9-11)16-17-15(18-19-16)10-12-5-7-14(8-6-12)20(21)22/h2-9H,10H2,1H3,(H,17,18,19). The maximum absolute atomic E-state index is 10.6. The Morgan fingerprint density at radius 2 is 1.95 bits per heavy atom. The number of non-ortho nitro benzene ring substituents is 1. The third-order valence-electron chi connectivity index (χ3n) is 3.33. The van der Waals surface area contributed by atoms with Crippen LogP contribution in [-0.2, 0) is 6.42 Å². The minimum atomic E-state index is -0.409. The molecular weight excluding hydrogens is 280 g/mol. The predicted molar refractivity (Wildman–Crippen MR) is 82.5 cm³/mol. The number of aromatic nitrogens is 3. The summed E-state index contributed by atoms with van der Waals surface area (Å²) in [5.74, 6) is 1.38. The second-order valence-corrected chi connectivity index (χ2v) is 5.08. The van der Waals surface area contributed by atoms with Crippen LogP contribution in [0.15, 0.2) is 48.5 Å². The second kappa shape index (κ2) is 5.77. The van der Waals surface area contributed by atoms with Gasteiger partial charge in [0.15, 0.2) is 5.82 Å². The molecule has 0 saturated carbocycles. The molecule has 0 bridgehead atoms. The highest BCUT2D eigenvalue weighted by Crippen LogP contribution is 2.18. The molecule has 0 fully saturated rings. The minimum Gasteiger partial charge on any atom is -0.262 e. The van der Waals surface area contributed by atoms with Crippen LogP contribution < -0.4 is 0 Å². The Balaban J connectivity index is 1.78. The van der Waals surface area contributed by atoms with E-state index >= 15 is 0 Å². The maximum atomic E-state index is 10.6. The highest BCUT2D eigenvalue weighted by Gasteiger charge is 2.08. The van der Waals surface area contributed by atoms with E-state index in [1.807, 2.05) is 31.2 Å². The molecule has 6 nitrogen and oxygen atoms in total. The van der Waals surface area contributed by atoms with E-state index in [9.17, 15) is 10.1 Å². The van der Waals surface area contributed by atoms with E-state index in [1.165, 1.54) is 12.1 Å². The smallest absolute Gasteiger partial charge is 0.262 e. The normalized spacial score (nSPS) is 10.6. The highest BCUT2D eigenvalue weighted by molar-refractivity contribution is 5.55. The lowest BCUT2D eigenvalue weighted by molar-refractivity contribution is -0.384. The molecule has 110 valence electrons. The molecule has 6 heteroatoms. The summed E-state index contributed by atoms with van der Waals surface area (Å²) in [7, 11) is 0. The molecule has 1 N–H and O–H groups in total. The van der Waals surface area contributed by atoms with Gasteiger partial charge in [0.25, 0.3) is 5.69 Å². The van der Waals surface area contributed by atoms with Crippen molar-refractivity contribution in [2.24, 2.45) is 0 Å². The molecule has 22 heavy (non-hydrogen) atoms. The van der Waals surface area contributed by atoms with Crippen molar-refractivity contribution in [2.45, 2.75) is 13.3 Å². The van der Waals surface area contributed by atoms with Gasteiger partial charge < -0.3 is 0 Å². The molecule has 2 aromatic carbocycles. The molecule has 1 heterocycles. The lowest BCUT2D eigenvalue weighted by atomic mass is 10.1. The number of nitro benzene ring substituents is 1. The van der Waals surface area contributed by atoms with Crippen molar-refractivity contribution in [1.82, 2.24) is 15.2 Å². The lowest BCUT2D eigenvalue weighted by Gasteiger charge is -1.98. The Labute approximate surface area is 127 Å². The lowest BCUT2D eigenvalue weighted by Crippen LogP contribution is -1.92. The fourth-order valence-corrected chi connectivity index (χ4v) is 2.22. The van der Waals surface area contributed by atoms with Crippen molar-refractivity contribution in [1.29, 1.82) is 0 Å². The summed E-state index contributed by atoms with van der Waals surface area (Å²) in [5, 5.41) is 17.8. The number of aromatic amines is 1. The predicted octanol–water partition coefficient (Wildman–Crippen LogP) is 3.28. The summed E-state index contributed by atoms with van der Waals surface area (Å²) in [4.78, 5) is 14.7. The third-order valence-corrected chi connectivity index (χ3v) is 3.33. The van der Waals surface area contributed by atoms with Crippen molar-refractivity contribution in [3.63, 3.8) is 0 Å². The number of hydrogen-bond donors (Lipinski definition) is 1. The molecule has 0 radical (unpaired) electrons. The Hall–Kier alpha value is -3.02. The van der Waals surface area contributed by atoms with Gasteiger partial charge >= 0.3 is 0 Å². The van der Waals surface area contributed by atoms with E-state index in [2.05, 4.69) is 15.2 Å². The van der Waals surface area contributed by atoms with Crippen LogP contribution in [0.3, 0.4) is 0 Å². The van der Waals surface area contributed by atoms with Crippen LogP contribution in [0, 0.1) is 17.0 Å². The summed E-state index contributed by atoms with van der Waals surface area (Å²) in [6.45, 7) is 2.02. The molecule has 0 amide bonds. The molecule has 0 aliphatic heterocycles. The van der Waals surface area contributed by atoms with Gasteiger partial charge in [0.1, 0.15) is 5.82 Å². The molecular formula is C16H14N4O2. The zero-order valence-corrected chi connectivity index (χ0v) is 12.0. The Bertz CT molecular complexity index is 809. The van der Waals surface area contributed by atoms with Gasteiger partial charge in [0.2, 0.25) is 0 Å². The first-order valence-corrected chi connectivity index (χ1v) is 6.83. The van der Waals surface area contributed by atoms with E-state index in [1.54, 1.807) is 12.1 Å². The van der Waals surface area contributed by atoms with Crippen LogP contribution in [0.5, 0.6) is 0 Å². The van der Waals surface area contributed by atoms with Crippen LogP contribution >= 0.6 is 0 Å². The Kier molecular flexibility index (Phi) is 3.65. The van der Waals surface area contributed by atoms with Gasteiger partial charge in [-0.05, 0) is 18.6 Å². The minimum absolute atomic E-state index is 0.0850.